The number of carbonyl (C=O) groups is 1. The number of aromatic nitrogens is 2. The van der Waals surface area contributed by atoms with Crippen LogP contribution in [0.1, 0.15) is 22.3 Å². The van der Waals surface area contributed by atoms with Crippen LogP contribution in [0.5, 0.6) is 0 Å². The van der Waals surface area contributed by atoms with Crippen LogP contribution >= 0.6 is 0 Å². The summed E-state index contributed by atoms with van der Waals surface area (Å²) in [7, 11) is 5.98. The number of fused-ring (bicyclic) bond motifs is 1. The molecule has 0 radical (unpaired) electrons. The number of rotatable bonds is 3. The van der Waals surface area contributed by atoms with Crippen molar-refractivity contribution in [3.63, 3.8) is 0 Å². The van der Waals surface area contributed by atoms with Crippen LogP contribution in [0.3, 0.4) is 0 Å². The van der Waals surface area contributed by atoms with E-state index < -0.39 is 0 Å². The first-order valence-corrected chi connectivity index (χ1v) is 9.43. The lowest BCUT2D eigenvalue weighted by Gasteiger charge is -2.24. The Labute approximate surface area is 160 Å². The molecule has 5 nitrogen and oxygen atoms in total. The molecular formula is C22H26N4O. The Hall–Kier alpha value is -2.66. The topological polar surface area (TPSA) is 41.4 Å². The molecule has 0 aliphatic carbocycles. The molecule has 3 aromatic rings. The Balaban J connectivity index is 1.61. The molecule has 1 aliphatic rings. The highest BCUT2D eigenvalue weighted by Crippen LogP contribution is 2.29. The molecule has 0 N–H and O–H groups in total. The van der Waals surface area contributed by atoms with Crippen molar-refractivity contribution >= 4 is 16.8 Å². The van der Waals surface area contributed by atoms with Crippen LogP contribution in [0, 0.1) is 6.92 Å². The van der Waals surface area contributed by atoms with E-state index in [1.54, 1.807) is 0 Å². The summed E-state index contributed by atoms with van der Waals surface area (Å²) in [4.78, 5) is 17.0. The third kappa shape index (κ3) is 3.23. The predicted molar refractivity (Wildman–Crippen MR) is 109 cm³/mol. The summed E-state index contributed by atoms with van der Waals surface area (Å²) < 4.78 is 1.91. The molecule has 1 aliphatic heterocycles. The average molecular weight is 362 g/mol. The molecule has 0 bridgehead atoms. The molecule has 0 spiro atoms. The number of aryl methyl sites for hydroxylation is 2. The maximum absolute atomic E-state index is 12.8. The fourth-order valence-electron chi connectivity index (χ4n) is 3.96. The molecule has 4 rings (SSSR count). The molecule has 1 saturated heterocycles. The lowest BCUT2D eigenvalue weighted by atomic mass is 10.0. The number of benzene rings is 2. The Morgan fingerprint density at radius 3 is 2.56 bits per heavy atom. The number of hydrogen-bond donors (Lipinski definition) is 0. The Morgan fingerprint density at radius 1 is 1.15 bits per heavy atom. The zero-order chi connectivity index (χ0) is 19.1. The van der Waals surface area contributed by atoms with Gasteiger partial charge in [0.25, 0.3) is 5.91 Å². The number of likely N-dealkylation sites (tertiary alicyclic amines) is 1. The van der Waals surface area contributed by atoms with Gasteiger partial charge in [-0.2, -0.15) is 5.10 Å². The molecule has 5 heteroatoms. The number of nitrogens with zero attached hydrogens (tertiary/aromatic N) is 4. The van der Waals surface area contributed by atoms with Crippen LogP contribution < -0.4 is 0 Å². The number of hydrogen-bond acceptors (Lipinski definition) is 3. The van der Waals surface area contributed by atoms with Gasteiger partial charge in [0.15, 0.2) is 0 Å². The molecule has 27 heavy (non-hydrogen) atoms. The normalized spacial score (nSPS) is 17.6. The standard InChI is InChI=1S/C22H26N4O/c1-15-5-10-20-19(13-15)21(23-26(20)4)16-6-8-17(9-7-16)22(27)25(3)18-11-12-24(2)14-18/h5-10,13,18H,11-12,14H2,1-4H3/t18-/m1/s1. The largest absolute Gasteiger partial charge is 0.337 e. The van der Waals surface area contributed by atoms with Gasteiger partial charge >= 0.3 is 0 Å². The third-order valence-corrected chi connectivity index (χ3v) is 5.65. The van der Waals surface area contributed by atoms with Gasteiger partial charge in [0.05, 0.1) is 5.52 Å². The van der Waals surface area contributed by atoms with Gasteiger partial charge in [0, 0.05) is 43.2 Å². The summed E-state index contributed by atoms with van der Waals surface area (Å²) in [5, 5.41) is 5.84. The SMILES string of the molecule is Cc1ccc2c(c1)c(-c1ccc(C(=O)N(C)[C@@H]3CCN(C)C3)cc1)nn2C. The zero-order valence-corrected chi connectivity index (χ0v) is 16.4. The van der Waals surface area contributed by atoms with Crippen molar-refractivity contribution in [2.45, 2.75) is 19.4 Å². The van der Waals surface area contributed by atoms with Gasteiger partial charge in [-0.15, -0.1) is 0 Å². The molecule has 2 aromatic carbocycles. The highest BCUT2D eigenvalue weighted by atomic mass is 16.2. The summed E-state index contributed by atoms with van der Waals surface area (Å²) in [5.74, 6) is 0.0866. The van der Waals surface area contributed by atoms with E-state index in [1.165, 1.54) is 5.56 Å². The van der Waals surface area contributed by atoms with E-state index in [0.29, 0.717) is 6.04 Å². The van der Waals surface area contributed by atoms with Crippen molar-refractivity contribution in [2.75, 3.05) is 27.2 Å². The van der Waals surface area contributed by atoms with Crippen LogP contribution in [-0.4, -0.2) is 58.7 Å². The predicted octanol–water partition coefficient (Wildman–Crippen LogP) is 3.32. The molecule has 1 aromatic heterocycles. The molecule has 0 saturated carbocycles. The fourth-order valence-corrected chi connectivity index (χ4v) is 3.96. The highest BCUT2D eigenvalue weighted by Gasteiger charge is 2.27. The van der Waals surface area contributed by atoms with Crippen molar-refractivity contribution in [1.82, 2.24) is 19.6 Å². The van der Waals surface area contributed by atoms with Crippen molar-refractivity contribution < 1.29 is 4.79 Å². The van der Waals surface area contributed by atoms with Gasteiger partial charge in [-0.05, 0) is 51.2 Å². The van der Waals surface area contributed by atoms with Crippen LogP contribution in [-0.2, 0) is 7.05 Å². The first-order chi connectivity index (χ1) is 12.9. The van der Waals surface area contributed by atoms with E-state index in [9.17, 15) is 4.79 Å². The Morgan fingerprint density at radius 2 is 1.89 bits per heavy atom. The smallest absolute Gasteiger partial charge is 0.253 e. The quantitative estimate of drug-likeness (QED) is 0.718. The van der Waals surface area contributed by atoms with Crippen molar-refractivity contribution in [2.24, 2.45) is 7.05 Å². The summed E-state index contributed by atoms with van der Waals surface area (Å²) in [6, 6.07) is 14.5. The fraction of sp³-hybridized carbons (Fsp3) is 0.364. The maximum atomic E-state index is 12.8. The van der Waals surface area contributed by atoms with Crippen LogP contribution in [0.4, 0.5) is 0 Å². The van der Waals surface area contributed by atoms with E-state index in [4.69, 9.17) is 5.10 Å². The first-order valence-electron chi connectivity index (χ1n) is 9.43. The van der Waals surface area contributed by atoms with E-state index in [1.807, 2.05) is 47.9 Å². The van der Waals surface area contributed by atoms with Crippen molar-refractivity contribution in [3.05, 3.63) is 53.6 Å². The monoisotopic (exact) mass is 362 g/mol. The highest BCUT2D eigenvalue weighted by molar-refractivity contribution is 5.97. The molecule has 1 amide bonds. The minimum atomic E-state index is 0.0866. The maximum Gasteiger partial charge on any atom is 0.253 e. The minimum absolute atomic E-state index is 0.0866. The Bertz CT molecular complexity index is 989. The molecular weight excluding hydrogens is 336 g/mol. The average Bonchev–Trinajstić information content (AvgIpc) is 3.24. The second-order valence-electron chi connectivity index (χ2n) is 7.69. The van der Waals surface area contributed by atoms with Gasteiger partial charge in [-0.25, -0.2) is 0 Å². The third-order valence-electron chi connectivity index (χ3n) is 5.65. The van der Waals surface area contributed by atoms with Gasteiger partial charge in [-0.1, -0.05) is 23.8 Å². The lowest BCUT2D eigenvalue weighted by Crippen LogP contribution is -2.38. The second-order valence-corrected chi connectivity index (χ2v) is 7.69. The number of likely N-dealkylation sites (N-methyl/N-ethyl adjacent to an activating group) is 2. The van der Waals surface area contributed by atoms with Crippen molar-refractivity contribution in [3.8, 4) is 11.3 Å². The van der Waals surface area contributed by atoms with Gasteiger partial charge in [0.2, 0.25) is 0 Å². The minimum Gasteiger partial charge on any atom is -0.337 e. The molecule has 0 unspecified atom stereocenters. The first kappa shape index (κ1) is 17.7. The van der Waals surface area contributed by atoms with Gasteiger partial charge < -0.3 is 9.80 Å². The van der Waals surface area contributed by atoms with E-state index in [-0.39, 0.29) is 5.91 Å². The second kappa shape index (κ2) is 6.82. The molecule has 140 valence electrons. The summed E-state index contributed by atoms with van der Waals surface area (Å²) >= 11 is 0. The van der Waals surface area contributed by atoms with Crippen LogP contribution in [0.2, 0.25) is 0 Å². The van der Waals surface area contributed by atoms with Crippen LogP contribution in [0.15, 0.2) is 42.5 Å². The summed E-state index contributed by atoms with van der Waals surface area (Å²) in [6.45, 7) is 4.08. The summed E-state index contributed by atoms with van der Waals surface area (Å²) in [5.41, 5.74) is 5.05. The number of amides is 1. The molecule has 1 fully saturated rings. The summed E-state index contributed by atoms with van der Waals surface area (Å²) in [6.07, 6.45) is 1.04. The Kier molecular flexibility index (Phi) is 4.48. The zero-order valence-electron chi connectivity index (χ0n) is 16.4. The van der Waals surface area contributed by atoms with Gasteiger partial charge in [-0.3, -0.25) is 9.48 Å². The lowest BCUT2D eigenvalue weighted by molar-refractivity contribution is 0.0737. The van der Waals surface area contributed by atoms with E-state index >= 15 is 0 Å². The van der Waals surface area contributed by atoms with Crippen molar-refractivity contribution in [1.29, 1.82) is 0 Å². The van der Waals surface area contributed by atoms with Gasteiger partial charge in [0.1, 0.15) is 5.69 Å². The number of carbonyl (C=O) groups excluding carboxylic acids is 1. The molecule has 1 atom stereocenters. The van der Waals surface area contributed by atoms with E-state index in [0.717, 1.165) is 47.2 Å². The molecule has 2 heterocycles. The van der Waals surface area contributed by atoms with Crippen LogP contribution in [0.25, 0.3) is 22.2 Å². The van der Waals surface area contributed by atoms with E-state index in [2.05, 4.69) is 37.1 Å².